The van der Waals surface area contributed by atoms with Crippen LogP contribution in [0.2, 0.25) is 0 Å². The maximum atomic E-state index is 10.5. The Hall–Kier alpha value is -1.36. The highest BCUT2D eigenvalue weighted by Gasteiger charge is 2.14. The van der Waals surface area contributed by atoms with Gasteiger partial charge in [0.05, 0.1) is 0 Å². The first kappa shape index (κ1) is 9.73. The largest absolute Gasteiger partial charge is 0.480 e. The van der Waals surface area contributed by atoms with Crippen molar-refractivity contribution in [1.29, 1.82) is 0 Å². The van der Waals surface area contributed by atoms with Crippen LogP contribution >= 0.6 is 0 Å². The molecule has 5 nitrogen and oxygen atoms in total. The monoisotopic (exact) mass is 183 g/mol. The summed E-state index contributed by atoms with van der Waals surface area (Å²) in [5, 5.41) is 12.6. The van der Waals surface area contributed by atoms with E-state index in [0.717, 1.165) is 12.2 Å². The van der Waals surface area contributed by atoms with Gasteiger partial charge in [-0.2, -0.15) is 5.10 Å². The molecule has 0 aliphatic rings. The molecule has 3 N–H and O–H groups in total. The van der Waals surface area contributed by atoms with E-state index < -0.39 is 12.0 Å². The lowest BCUT2D eigenvalue weighted by Crippen LogP contribution is -2.33. The lowest BCUT2D eigenvalue weighted by molar-refractivity contribution is -0.138. The Kier molecular flexibility index (Phi) is 3.02. The minimum absolute atomic E-state index is 0.323. The van der Waals surface area contributed by atoms with Crippen LogP contribution in [0.5, 0.6) is 0 Å². The maximum absolute atomic E-state index is 10.5. The van der Waals surface area contributed by atoms with Crippen molar-refractivity contribution >= 4 is 5.97 Å². The van der Waals surface area contributed by atoms with Gasteiger partial charge in [0.1, 0.15) is 6.04 Å². The minimum atomic E-state index is -0.983. The van der Waals surface area contributed by atoms with Gasteiger partial charge in [-0.25, -0.2) is 0 Å². The molecule has 72 valence electrons. The molecule has 0 aliphatic heterocycles. The van der Waals surface area contributed by atoms with Crippen molar-refractivity contribution in [3.05, 3.63) is 18.0 Å². The second-order valence-electron chi connectivity index (χ2n) is 2.79. The molecule has 1 aromatic rings. The molecular weight excluding hydrogens is 170 g/mol. The molecule has 0 amide bonds. The summed E-state index contributed by atoms with van der Waals surface area (Å²) in [6, 6.07) is 0.939. The number of hydrogen-bond donors (Lipinski definition) is 2. The van der Waals surface area contributed by atoms with Crippen molar-refractivity contribution in [2.24, 2.45) is 5.73 Å². The van der Waals surface area contributed by atoms with Crippen molar-refractivity contribution < 1.29 is 9.90 Å². The number of carbonyl (C=O) groups is 1. The van der Waals surface area contributed by atoms with Gasteiger partial charge in [0.15, 0.2) is 0 Å². The summed E-state index contributed by atoms with van der Waals surface area (Å²) >= 11 is 0. The van der Waals surface area contributed by atoms with Gasteiger partial charge in [-0.05, 0) is 13.0 Å². The normalized spacial score (nSPS) is 12.8. The number of carboxylic acid groups (broad SMARTS) is 1. The number of carboxylic acids is 1. The van der Waals surface area contributed by atoms with Gasteiger partial charge in [0.25, 0.3) is 0 Å². The van der Waals surface area contributed by atoms with Crippen molar-refractivity contribution in [3.8, 4) is 0 Å². The summed E-state index contributed by atoms with van der Waals surface area (Å²) in [4.78, 5) is 10.5. The van der Waals surface area contributed by atoms with Gasteiger partial charge in [0.2, 0.25) is 0 Å². The van der Waals surface area contributed by atoms with Crippen molar-refractivity contribution in [2.45, 2.75) is 25.9 Å². The first-order chi connectivity index (χ1) is 6.15. The zero-order valence-corrected chi connectivity index (χ0v) is 7.47. The zero-order chi connectivity index (χ0) is 9.84. The lowest BCUT2D eigenvalue weighted by atomic mass is 10.2. The number of aromatic nitrogens is 2. The Bertz CT molecular complexity index is 295. The Labute approximate surface area is 76.2 Å². The second kappa shape index (κ2) is 4.04. The predicted octanol–water partition coefficient (Wildman–Crippen LogP) is -0.143. The molecule has 1 heterocycles. The van der Waals surface area contributed by atoms with Gasteiger partial charge in [-0.3, -0.25) is 9.48 Å². The summed E-state index contributed by atoms with van der Waals surface area (Å²) < 4.78 is 1.74. The van der Waals surface area contributed by atoms with E-state index in [9.17, 15) is 4.79 Å². The number of rotatable bonds is 4. The topological polar surface area (TPSA) is 81.1 Å². The average Bonchev–Trinajstić information content (AvgIpc) is 2.51. The van der Waals surface area contributed by atoms with Gasteiger partial charge in [0, 0.05) is 24.9 Å². The molecule has 0 aliphatic carbocycles. The van der Waals surface area contributed by atoms with Crippen LogP contribution in [0.3, 0.4) is 0 Å². The fraction of sp³-hybridized carbons (Fsp3) is 0.500. The number of hydrogen-bond acceptors (Lipinski definition) is 3. The van der Waals surface area contributed by atoms with Crippen LogP contribution in [0.4, 0.5) is 0 Å². The van der Waals surface area contributed by atoms with Crippen LogP contribution < -0.4 is 5.73 Å². The summed E-state index contributed by atoms with van der Waals surface area (Å²) in [5.74, 6) is -0.983. The highest BCUT2D eigenvalue weighted by atomic mass is 16.4. The Balaban J connectivity index is 2.68. The number of nitrogens with zero attached hydrogens (tertiary/aromatic N) is 2. The van der Waals surface area contributed by atoms with E-state index >= 15 is 0 Å². The van der Waals surface area contributed by atoms with E-state index in [2.05, 4.69) is 5.10 Å². The highest BCUT2D eigenvalue weighted by Crippen LogP contribution is 2.01. The van der Waals surface area contributed by atoms with Gasteiger partial charge in [-0.15, -0.1) is 0 Å². The van der Waals surface area contributed by atoms with Gasteiger partial charge < -0.3 is 10.8 Å². The summed E-state index contributed by atoms with van der Waals surface area (Å²) in [7, 11) is 0. The molecule has 5 heteroatoms. The summed E-state index contributed by atoms with van der Waals surface area (Å²) in [6.07, 6.45) is 1.97. The molecule has 0 saturated heterocycles. The SMILES string of the molecule is CCn1nccc1CC(N)C(=O)O. The average molecular weight is 183 g/mol. The van der Waals surface area contributed by atoms with Crippen LogP contribution in [0, 0.1) is 0 Å². The fourth-order valence-corrected chi connectivity index (χ4v) is 1.13. The van der Waals surface area contributed by atoms with E-state index in [1.54, 1.807) is 16.9 Å². The molecule has 0 saturated carbocycles. The van der Waals surface area contributed by atoms with E-state index in [0.29, 0.717) is 6.42 Å². The van der Waals surface area contributed by atoms with Crippen molar-refractivity contribution in [3.63, 3.8) is 0 Å². The molecule has 13 heavy (non-hydrogen) atoms. The lowest BCUT2D eigenvalue weighted by Gasteiger charge is -2.07. The zero-order valence-electron chi connectivity index (χ0n) is 7.47. The van der Waals surface area contributed by atoms with E-state index in [1.165, 1.54) is 0 Å². The van der Waals surface area contributed by atoms with Crippen LogP contribution in [0.25, 0.3) is 0 Å². The van der Waals surface area contributed by atoms with Crippen LogP contribution in [-0.2, 0) is 17.8 Å². The summed E-state index contributed by atoms with van der Waals surface area (Å²) in [6.45, 7) is 2.68. The van der Waals surface area contributed by atoms with Crippen molar-refractivity contribution in [2.75, 3.05) is 0 Å². The molecule has 0 aromatic carbocycles. The quantitative estimate of drug-likeness (QED) is 0.680. The second-order valence-corrected chi connectivity index (χ2v) is 2.79. The fourth-order valence-electron chi connectivity index (χ4n) is 1.13. The first-order valence-electron chi connectivity index (χ1n) is 4.14. The molecule has 0 fully saturated rings. The van der Waals surface area contributed by atoms with E-state index in [-0.39, 0.29) is 0 Å². The third kappa shape index (κ3) is 2.29. The molecular formula is C8H13N3O2. The third-order valence-corrected chi connectivity index (χ3v) is 1.85. The van der Waals surface area contributed by atoms with E-state index in [1.807, 2.05) is 6.92 Å². The minimum Gasteiger partial charge on any atom is -0.480 e. The molecule has 1 atom stereocenters. The Morgan fingerprint density at radius 3 is 3.08 bits per heavy atom. The van der Waals surface area contributed by atoms with Gasteiger partial charge in [-0.1, -0.05) is 0 Å². The summed E-state index contributed by atoms with van der Waals surface area (Å²) in [5.41, 5.74) is 6.25. The van der Waals surface area contributed by atoms with Crippen LogP contribution in [0.1, 0.15) is 12.6 Å². The molecule has 0 spiro atoms. The molecule has 0 bridgehead atoms. The number of aryl methyl sites for hydroxylation is 1. The smallest absolute Gasteiger partial charge is 0.320 e. The Morgan fingerprint density at radius 2 is 2.54 bits per heavy atom. The third-order valence-electron chi connectivity index (χ3n) is 1.85. The maximum Gasteiger partial charge on any atom is 0.320 e. The van der Waals surface area contributed by atoms with Crippen LogP contribution in [-0.4, -0.2) is 26.9 Å². The molecule has 1 aromatic heterocycles. The van der Waals surface area contributed by atoms with E-state index in [4.69, 9.17) is 10.8 Å². The first-order valence-corrected chi connectivity index (χ1v) is 4.14. The van der Waals surface area contributed by atoms with Crippen LogP contribution in [0.15, 0.2) is 12.3 Å². The predicted molar refractivity (Wildman–Crippen MR) is 47.2 cm³/mol. The van der Waals surface area contributed by atoms with Crippen molar-refractivity contribution in [1.82, 2.24) is 9.78 Å². The number of aliphatic carboxylic acids is 1. The molecule has 1 unspecified atom stereocenters. The highest BCUT2D eigenvalue weighted by molar-refractivity contribution is 5.73. The molecule has 0 radical (unpaired) electrons. The van der Waals surface area contributed by atoms with Gasteiger partial charge >= 0.3 is 5.97 Å². The standard InChI is InChI=1S/C8H13N3O2/c1-2-11-6(3-4-10-11)5-7(9)8(12)13/h3-4,7H,2,5,9H2,1H3,(H,12,13). The molecule has 1 rings (SSSR count). The Morgan fingerprint density at radius 1 is 1.85 bits per heavy atom. The number of nitrogens with two attached hydrogens (primary N) is 1.